The van der Waals surface area contributed by atoms with E-state index in [1.807, 2.05) is 31.1 Å². The van der Waals surface area contributed by atoms with Crippen molar-refractivity contribution < 1.29 is 4.42 Å². The van der Waals surface area contributed by atoms with Crippen molar-refractivity contribution in [1.82, 2.24) is 15.0 Å². The van der Waals surface area contributed by atoms with Gasteiger partial charge in [-0.15, -0.1) is 0 Å². The molecular weight excluding hydrogens is 252 g/mol. The summed E-state index contributed by atoms with van der Waals surface area (Å²) in [5, 5.41) is 0.340. The van der Waals surface area contributed by atoms with E-state index in [1.54, 1.807) is 12.1 Å². The maximum atomic E-state index is 5.75. The van der Waals surface area contributed by atoms with E-state index in [0.717, 1.165) is 11.3 Å². The lowest BCUT2D eigenvalue weighted by Crippen LogP contribution is -2.10. The van der Waals surface area contributed by atoms with E-state index in [0.29, 0.717) is 22.5 Å². The van der Waals surface area contributed by atoms with Gasteiger partial charge < -0.3 is 14.3 Å². The third-order valence-corrected chi connectivity index (χ3v) is 2.80. The van der Waals surface area contributed by atoms with Gasteiger partial charge in [0.2, 0.25) is 0 Å². The maximum Gasteiger partial charge on any atom is 0.194 e. The first-order valence-electron chi connectivity index (χ1n) is 5.43. The van der Waals surface area contributed by atoms with Crippen molar-refractivity contribution in [3.05, 3.63) is 29.5 Å². The van der Waals surface area contributed by atoms with Gasteiger partial charge in [-0.25, -0.2) is 9.97 Å². The van der Waals surface area contributed by atoms with Gasteiger partial charge in [0.25, 0.3) is 0 Å². The molecule has 0 aromatic carbocycles. The van der Waals surface area contributed by atoms with Crippen molar-refractivity contribution in [3.8, 4) is 11.6 Å². The molecule has 1 N–H and O–H groups in total. The van der Waals surface area contributed by atoms with Gasteiger partial charge in [-0.3, -0.25) is 0 Å². The Morgan fingerprint density at radius 1 is 1.17 bits per heavy atom. The van der Waals surface area contributed by atoms with Gasteiger partial charge in [-0.1, -0.05) is 0 Å². The number of H-pyrrole nitrogens is 1. The van der Waals surface area contributed by atoms with Gasteiger partial charge in [0.05, 0.1) is 5.52 Å². The molecule has 0 amide bonds. The van der Waals surface area contributed by atoms with E-state index in [9.17, 15) is 0 Å². The highest BCUT2D eigenvalue weighted by molar-refractivity contribution is 6.28. The van der Waals surface area contributed by atoms with Crippen molar-refractivity contribution in [2.75, 3.05) is 19.0 Å². The molecule has 92 valence electrons. The smallest absolute Gasteiger partial charge is 0.194 e. The Bertz CT molecular complexity index is 701. The summed E-state index contributed by atoms with van der Waals surface area (Å²) in [7, 11) is 3.88. The molecule has 0 unspecified atom stereocenters. The SMILES string of the molecule is CN(C)c1ccc2[nH]c(-c3ccc(Cl)o3)nc2n1. The molecule has 0 aliphatic heterocycles. The molecule has 3 heterocycles. The zero-order chi connectivity index (χ0) is 12.7. The fraction of sp³-hybridized carbons (Fsp3) is 0.167. The van der Waals surface area contributed by atoms with Crippen molar-refractivity contribution in [1.29, 1.82) is 0 Å². The second-order valence-corrected chi connectivity index (χ2v) is 4.50. The predicted octanol–water partition coefficient (Wildman–Crippen LogP) is 2.94. The average molecular weight is 263 g/mol. The van der Waals surface area contributed by atoms with E-state index in [-0.39, 0.29) is 0 Å². The van der Waals surface area contributed by atoms with Crippen LogP contribution in [0.25, 0.3) is 22.7 Å². The summed E-state index contributed by atoms with van der Waals surface area (Å²) in [6, 6.07) is 7.33. The summed E-state index contributed by atoms with van der Waals surface area (Å²) in [5.41, 5.74) is 1.52. The van der Waals surface area contributed by atoms with Crippen molar-refractivity contribution >= 4 is 28.6 Å². The molecule has 18 heavy (non-hydrogen) atoms. The Balaban J connectivity index is 2.11. The van der Waals surface area contributed by atoms with Crippen LogP contribution < -0.4 is 4.90 Å². The first kappa shape index (κ1) is 11.1. The second kappa shape index (κ2) is 4.03. The molecule has 0 saturated heterocycles. The van der Waals surface area contributed by atoms with Crippen LogP contribution in [0.2, 0.25) is 5.22 Å². The number of nitrogens with zero attached hydrogens (tertiary/aromatic N) is 3. The van der Waals surface area contributed by atoms with Crippen LogP contribution in [0.4, 0.5) is 5.82 Å². The second-order valence-electron chi connectivity index (χ2n) is 4.12. The number of anilines is 1. The number of rotatable bonds is 2. The molecule has 5 nitrogen and oxygen atoms in total. The zero-order valence-electron chi connectivity index (χ0n) is 9.94. The summed E-state index contributed by atoms with van der Waals surface area (Å²) in [6.45, 7) is 0. The Hall–Kier alpha value is -2.01. The third-order valence-electron chi connectivity index (χ3n) is 2.60. The minimum absolute atomic E-state index is 0.340. The van der Waals surface area contributed by atoms with Gasteiger partial charge >= 0.3 is 0 Å². The molecule has 0 aliphatic rings. The molecule has 0 atom stereocenters. The number of hydrogen-bond donors (Lipinski definition) is 1. The molecule has 3 rings (SSSR count). The molecule has 0 radical (unpaired) electrons. The number of pyridine rings is 1. The maximum absolute atomic E-state index is 5.75. The number of furan rings is 1. The molecule has 0 saturated carbocycles. The average Bonchev–Trinajstić information content (AvgIpc) is 2.93. The largest absolute Gasteiger partial charge is 0.441 e. The van der Waals surface area contributed by atoms with Crippen LogP contribution in [0.3, 0.4) is 0 Å². The predicted molar refractivity (Wildman–Crippen MR) is 70.9 cm³/mol. The minimum Gasteiger partial charge on any atom is -0.441 e. The number of fused-ring (bicyclic) bond motifs is 1. The molecular formula is C12H11ClN4O. The van der Waals surface area contributed by atoms with Crippen LogP contribution in [0.5, 0.6) is 0 Å². The monoisotopic (exact) mass is 262 g/mol. The van der Waals surface area contributed by atoms with Gasteiger partial charge in [0.15, 0.2) is 22.5 Å². The number of hydrogen-bond acceptors (Lipinski definition) is 4. The lowest BCUT2D eigenvalue weighted by atomic mass is 10.4. The Morgan fingerprint density at radius 3 is 2.67 bits per heavy atom. The fourth-order valence-corrected chi connectivity index (χ4v) is 1.84. The lowest BCUT2D eigenvalue weighted by molar-refractivity contribution is 0.580. The molecule has 3 aromatic heterocycles. The first-order chi connectivity index (χ1) is 8.63. The van der Waals surface area contributed by atoms with Crippen molar-refractivity contribution in [2.45, 2.75) is 0 Å². The Labute approximate surface area is 108 Å². The normalized spacial score (nSPS) is 11.1. The summed E-state index contributed by atoms with van der Waals surface area (Å²) in [4.78, 5) is 13.9. The van der Waals surface area contributed by atoms with Crippen LogP contribution in [-0.4, -0.2) is 29.0 Å². The summed E-state index contributed by atoms with van der Waals surface area (Å²) >= 11 is 5.75. The van der Waals surface area contributed by atoms with Gasteiger partial charge in [-0.05, 0) is 35.9 Å². The van der Waals surface area contributed by atoms with Gasteiger partial charge in [-0.2, -0.15) is 0 Å². The number of imidazole rings is 1. The third kappa shape index (κ3) is 1.82. The zero-order valence-corrected chi connectivity index (χ0v) is 10.7. The van der Waals surface area contributed by atoms with Crippen LogP contribution in [0.1, 0.15) is 0 Å². The van der Waals surface area contributed by atoms with E-state index < -0.39 is 0 Å². The van der Waals surface area contributed by atoms with E-state index in [2.05, 4.69) is 15.0 Å². The lowest BCUT2D eigenvalue weighted by Gasteiger charge is -2.09. The molecule has 0 fully saturated rings. The van der Waals surface area contributed by atoms with Crippen LogP contribution >= 0.6 is 11.6 Å². The standard InChI is InChI=1S/C12H11ClN4O/c1-17(2)10-6-3-7-11(15-10)16-12(14-7)8-4-5-9(13)18-8/h3-6H,1-2H3,(H,14,15,16). The van der Waals surface area contributed by atoms with Crippen molar-refractivity contribution in [2.24, 2.45) is 0 Å². The van der Waals surface area contributed by atoms with Crippen LogP contribution in [-0.2, 0) is 0 Å². The number of nitrogens with one attached hydrogen (secondary N) is 1. The van der Waals surface area contributed by atoms with Gasteiger partial charge in [0, 0.05) is 14.1 Å². The topological polar surface area (TPSA) is 58.0 Å². The first-order valence-corrected chi connectivity index (χ1v) is 5.81. The van der Waals surface area contributed by atoms with E-state index in [4.69, 9.17) is 16.0 Å². The van der Waals surface area contributed by atoms with E-state index >= 15 is 0 Å². The Kier molecular flexibility index (Phi) is 2.48. The summed E-state index contributed by atoms with van der Waals surface area (Å²) in [5.74, 6) is 2.09. The van der Waals surface area contributed by atoms with Crippen LogP contribution in [0.15, 0.2) is 28.7 Å². The highest BCUT2D eigenvalue weighted by atomic mass is 35.5. The van der Waals surface area contributed by atoms with Crippen molar-refractivity contribution in [3.63, 3.8) is 0 Å². The Morgan fingerprint density at radius 2 is 2.00 bits per heavy atom. The highest BCUT2D eigenvalue weighted by Gasteiger charge is 2.10. The number of halogens is 1. The highest BCUT2D eigenvalue weighted by Crippen LogP contribution is 2.24. The fourth-order valence-electron chi connectivity index (χ4n) is 1.69. The summed E-state index contributed by atoms with van der Waals surface area (Å²) in [6.07, 6.45) is 0. The van der Waals surface area contributed by atoms with E-state index in [1.165, 1.54) is 0 Å². The molecule has 6 heteroatoms. The minimum atomic E-state index is 0.340. The molecule has 0 bridgehead atoms. The molecule has 0 aliphatic carbocycles. The summed E-state index contributed by atoms with van der Waals surface area (Å²) < 4.78 is 5.31. The molecule has 0 spiro atoms. The van der Waals surface area contributed by atoms with Crippen LogP contribution in [0, 0.1) is 0 Å². The number of aromatic amines is 1. The number of aromatic nitrogens is 3. The quantitative estimate of drug-likeness (QED) is 0.771. The molecule has 3 aromatic rings. The van der Waals surface area contributed by atoms with Gasteiger partial charge in [0.1, 0.15) is 5.82 Å².